The van der Waals surface area contributed by atoms with Crippen molar-refractivity contribution in [3.63, 3.8) is 0 Å². The molecule has 0 saturated carbocycles. The Bertz CT molecular complexity index is 315. The van der Waals surface area contributed by atoms with Crippen molar-refractivity contribution in [2.45, 2.75) is 32.5 Å². The number of morpholine rings is 1. The molecule has 2 rings (SSSR count). The van der Waals surface area contributed by atoms with Crippen LogP contribution in [0.5, 0.6) is 0 Å². The van der Waals surface area contributed by atoms with Crippen molar-refractivity contribution >= 4 is 0 Å². The average Bonchev–Trinajstić information content (AvgIpc) is 2.82. The summed E-state index contributed by atoms with van der Waals surface area (Å²) in [5.41, 5.74) is 0. The van der Waals surface area contributed by atoms with Gasteiger partial charge in [0.05, 0.1) is 19.3 Å². The number of nitrogens with one attached hydrogen (secondary N) is 1. The summed E-state index contributed by atoms with van der Waals surface area (Å²) in [4.78, 5) is 6.39. The van der Waals surface area contributed by atoms with E-state index in [1.54, 1.807) is 0 Å². The first kappa shape index (κ1) is 12.5. The maximum Gasteiger partial charge on any atom is 0.213 e. The van der Waals surface area contributed by atoms with Crippen LogP contribution in [0.25, 0.3) is 0 Å². The molecule has 0 aliphatic carbocycles. The van der Waals surface area contributed by atoms with Crippen molar-refractivity contribution in [1.82, 2.24) is 20.4 Å². The molecule has 96 valence electrons. The molecule has 1 aromatic heterocycles. The summed E-state index contributed by atoms with van der Waals surface area (Å²) < 4.78 is 10.4. The highest BCUT2D eigenvalue weighted by molar-refractivity contribution is 4.79. The number of hydrogen-bond acceptors (Lipinski definition) is 6. The first-order chi connectivity index (χ1) is 8.25. The van der Waals surface area contributed by atoms with E-state index in [0.717, 1.165) is 26.2 Å². The normalized spacial score (nSPS) is 22.2. The van der Waals surface area contributed by atoms with Crippen molar-refractivity contribution in [1.29, 1.82) is 0 Å². The fourth-order valence-electron chi connectivity index (χ4n) is 1.95. The van der Waals surface area contributed by atoms with E-state index < -0.39 is 0 Å². The summed E-state index contributed by atoms with van der Waals surface area (Å²) in [5, 5.41) is 7.02. The number of hydrogen-bond donors (Lipinski definition) is 1. The SMILES string of the molecule is CC(C)N1CCOC(CNCc2ncon2)C1. The molecule has 1 unspecified atom stereocenters. The minimum Gasteiger partial charge on any atom is -0.374 e. The third kappa shape index (κ3) is 3.76. The van der Waals surface area contributed by atoms with Crippen LogP contribution in [-0.4, -0.2) is 53.4 Å². The van der Waals surface area contributed by atoms with E-state index in [0.29, 0.717) is 18.4 Å². The van der Waals surface area contributed by atoms with Gasteiger partial charge in [0.2, 0.25) is 6.39 Å². The Morgan fingerprint density at radius 3 is 3.18 bits per heavy atom. The van der Waals surface area contributed by atoms with Gasteiger partial charge >= 0.3 is 0 Å². The molecule has 1 fully saturated rings. The van der Waals surface area contributed by atoms with Crippen LogP contribution in [0.15, 0.2) is 10.9 Å². The van der Waals surface area contributed by atoms with Gasteiger partial charge in [0.15, 0.2) is 5.82 Å². The molecule has 0 amide bonds. The van der Waals surface area contributed by atoms with Crippen LogP contribution in [0, 0.1) is 0 Å². The van der Waals surface area contributed by atoms with E-state index >= 15 is 0 Å². The highest BCUT2D eigenvalue weighted by Gasteiger charge is 2.21. The second-order valence-electron chi connectivity index (χ2n) is 4.56. The van der Waals surface area contributed by atoms with Gasteiger partial charge in [-0.3, -0.25) is 4.90 Å². The fourth-order valence-corrected chi connectivity index (χ4v) is 1.95. The topological polar surface area (TPSA) is 63.4 Å². The average molecular weight is 240 g/mol. The fraction of sp³-hybridized carbons (Fsp3) is 0.818. The van der Waals surface area contributed by atoms with Gasteiger partial charge in [-0.05, 0) is 13.8 Å². The number of rotatable bonds is 5. The van der Waals surface area contributed by atoms with E-state index in [-0.39, 0.29) is 6.10 Å². The van der Waals surface area contributed by atoms with Crippen LogP contribution in [0.4, 0.5) is 0 Å². The third-order valence-corrected chi connectivity index (χ3v) is 2.96. The molecule has 1 atom stereocenters. The van der Waals surface area contributed by atoms with Crippen LogP contribution >= 0.6 is 0 Å². The predicted molar refractivity (Wildman–Crippen MR) is 62.5 cm³/mol. The number of ether oxygens (including phenoxy) is 1. The molecule has 6 heteroatoms. The lowest BCUT2D eigenvalue weighted by Crippen LogP contribution is -2.49. The third-order valence-electron chi connectivity index (χ3n) is 2.96. The molecule has 2 heterocycles. The van der Waals surface area contributed by atoms with Gasteiger partial charge in [-0.1, -0.05) is 5.16 Å². The molecule has 0 spiro atoms. The molecular formula is C11H20N4O2. The zero-order valence-corrected chi connectivity index (χ0v) is 10.4. The molecule has 1 aliphatic heterocycles. The highest BCUT2D eigenvalue weighted by Crippen LogP contribution is 2.08. The summed E-state index contributed by atoms with van der Waals surface area (Å²) in [6.07, 6.45) is 1.59. The Morgan fingerprint density at radius 1 is 1.59 bits per heavy atom. The smallest absolute Gasteiger partial charge is 0.213 e. The molecule has 0 bridgehead atoms. The van der Waals surface area contributed by atoms with Gasteiger partial charge in [0.25, 0.3) is 0 Å². The van der Waals surface area contributed by atoms with Gasteiger partial charge in [0, 0.05) is 25.7 Å². The molecule has 0 radical (unpaired) electrons. The van der Waals surface area contributed by atoms with Crippen molar-refractivity contribution in [3.8, 4) is 0 Å². The molecule has 0 aromatic carbocycles. The van der Waals surface area contributed by atoms with Gasteiger partial charge in [0.1, 0.15) is 0 Å². The van der Waals surface area contributed by atoms with Gasteiger partial charge in [-0.15, -0.1) is 0 Å². The van der Waals surface area contributed by atoms with E-state index in [9.17, 15) is 0 Å². The Kier molecular flexibility index (Phi) is 4.47. The quantitative estimate of drug-likeness (QED) is 0.797. The molecule has 17 heavy (non-hydrogen) atoms. The monoisotopic (exact) mass is 240 g/mol. The van der Waals surface area contributed by atoms with E-state index in [2.05, 4.69) is 38.7 Å². The maximum absolute atomic E-state index is 5.71. The summed E-state index contributed by atoms with van der Waals surface area (Å²) in [6.45, 7) is 8.70. The van der Waals surface area contributed by atoms with Crippen LogP contribution < -0.4 is 5.32 Å². The lowest BCUT2D eigenvalue weighted by atomic mass is 10.2. The molecule has 1 aliphatic rings. The zero-order chi connectivity index (χ0) is 12.1. The molecule has 6 nitrogen and oxygen atoms in total. The lowest BCUT2D eigenvalue weighted by Gasteiger charge is -2.35. The predicted octanol–water partition coefficient (Wildman–Crippen LogP) is 0.268. The van der Waals surface area contributed by atoms with Crippen LogP contribution in [0.2, 0.25) is 0 Å². The van der Waals surface area contributed by atoms with Crippen molar-refractivity contribution < 1.29 is 9.26 Å². The van der Waals surface area contributed by atoms with Crippen LogP contribution in [0.3, 0.4) is 0 Å². The number of aromatic nitrogens is 2. The van der Waals surface area contributed by atoms with E-state index in [4.69, 9.17) is 4.74 Å². The first-order valence-electron chi connectivity index (χ1n) is 6.07. The molecule has 1 saturated heterocycles. The Morgan fingerprint density at radius 2 is 2.47 bits per heavy atom. The standard InChI is InChI=1S/C11H20N4O2/c1-9(2)15-3-4-16-10(7-15)5-12-6-11-13-8-17-14-11/h8-10,12H,3-7H2,1-2H3. The second-order valence-corrected chi connectivity index (χ2v) is 4.56. The maximum atomic E-state index is 5.71. The van der Waals surface area contributed by atoms with Crippen molar-refractivity contribution in [2.24, 2.45) is 0 Å². The van der Waals surface area contributed by atoms with Crippen molar-refractivity contribution in [2.75, 3.05) is 26.2 Å². The summed E-state index contributed by atoms with van der Waals surface area (Å²) >= 11 is 0. The summed E-state index contributed by atoms with van der Waals surface area (Å²) in [5.74, 6) is 0.682. The summed E-state index contributed by atoms with van der Waals surface area (Å²) in [6, 6.07) is 0.582. The number of nitrogens with zero attached hydrogens (tertiary/aromatic N) is 3. The van der Waals surface area contributed by atoms with Crippen LogP contribution in [0.1, 0.15) is 19.7 Å². The molecule has 1 N–H and O–H groups in total. The lowest BCUT2D eigenvalue weighted by molar-refractivity contribution is -0.0373. The van der Waals surface area contributed by atoms with Crippen molar-refractivity contribution in [3.05, 3.63) is 12.2 Å². The highest BCUT2D eigenvalue weighted by atomic mass is 16.5. The van der Waals surface area contributed by atoms with E-state index in [1.807, 2.05) is 0 Å². The zero-order valence-electron chi connectivity index (χ0n) is 10.4. The van der Waals surface area contributed by atoms with Gasteiger partial charge in [-0.2, -0.15) is 4.98 Å². The Labute approximate surface area is 101 Å². The summed E-state index contributed by atoms with van der Waals surface area (Å²) in [7, 11) is 0. The van der Waals surface area contributed by atoms with Gasteiger partial charge < -0.3 is 14.6 Å². The molecular weight excluding hydrogens is 220 g/mol. The van der Waals surface area contributed by atoms with Crippen LogP contribution in [-0.2, 0) is 11.3 Å². The minimum absolute atomic E-state index is 0.248. The molecule has 1 aromatic rings. The van der Waals surface area contributed by atoms with Gasteiger partial charge in [-0.25, -0.2) is 0 Å². The Balaban J connectivity index is 1.68. The van der Waals surface area contributed by atoms with E-state index in [1.165, 1.54) is 6.39 Å². The first-order valence-corrected chi connectivity index (χ1v) is 6.07. The minimum atomic E-state index is 0.248. The second kappa shape index (κ2) is 6.09. The Hall–Kier alpha value is -0.980. The largest absolute Gasteiger partial charge is 0.374 e.